The van der Waals surface area contributed by atoms with E-state index in [-0.39, 0.29) is 6.61 Å². The van der Waals surface area contributed by atoms with Crippen molar-refractivity contribution < 1.29 is 5.11 Å². The summed E-state index contributed by atoms with van der Waals surface area (Å²) >= 11 is 0. The van der Waals surface area contributed by atoms with Gasteiger partial charge in [-0.25, -0.2) is 5.11 Å². The van der Waals surface area contributed by atoms with E-state index >= 15 is 0 Å². The molecule has 0 atom stereocenters. The molecule has 1 aromatic rings. The molecule has 0 aliphatic rings. The van der Waals surface area contributed by atoms with Crippen LogP contribution in [-0.2, 0) is 5.11 Å². The SMILES string of the molecule is Cc1cc(C)cc(C=CC[O])c1. The predicted molar refractivity (Wildman–Crippen MR) is 50.5 cm³/mol. The maximum absolute atomic E-state index is 10.2. The maximum atomic E-state index is 10.2. The fraction of sp³-hybridized carbons (Fsp3) is 0.273. The fourth-order valence-electron chi connectivity index (χ4n) is 1.29. The van der Waals surface area contributed by atoms with Crippen LogP contribution in [0.2, 0.25) is 0 Å². The zero-order valence-corrected chi connectivity index (χ0v) is 7.50. The van der Waals surface area contributed by atoms with Crippen LogP contribution in [0.4, 0.5) is 0 Å². The van der Waals surface area contributed by atoms with Gasteiger partial charge in [0.05, 0.1) is 0 Å². The van der Waals surface area contributed by atoms with E-state index in [2.05, 4.69) is 32.0 Å². The van der Waals surface area contributed by atoms with Crippen molar-refractivity contribution in [1.29, 1.82) is 0 Å². The summed E-state index contributed by atoms with van der Waals surface area (Å²) < 4.78 is 0. The molecule has 0 fully saturated rings. The van der Waals surface area contributed by atoms with Crippen LogP contribution in [0.25, 0.3) is 6.08 Å². The molecule has 0 amide bonds. The molecular formula is C11H13O. The van der Waals surface area contributed by atoms with Crippen LogP contribution in [0, 0.1) is 13.8 Å². The third kappa shape index (κ3) is 2.51. The van der Waals surface area contributed by atoms with Crippen LogP contribution in [0.1, 0.15) is 16.7 Å². The second kappa shape index (κ2) is 4.07. The summed E-state index contributed by atoms with van der Waals surface area (Å²) in [5.41, 5.74) is 3.59. The van der Waals surface area contributed by atoms with Gasteiger partial charge in [-0.3, -0.25) is 0 Å². The normalized spacial score (nSPS) is 10.9. The summed E-state index contributed by atoms with van der Waals surface area (Å²) in [5, 5.41) is 10.2. The molecule has 0 heterocycles. The Kier molecular flexibility index (Phi) is 3.06. The van der Waals surface area contributed by atoms with Crippen LogP contribution in [-0.4, -0.2) is 6.61 Å². The van der Waals surface area contributed by atoms with Crippen molar-refractivity contribution in [2.24, 2.45) is 0 Å². The quantitative estimate of drug-likeness (QED) is 0.635. The molecule has 1 radical (unpaired) electrons. The first-order chi connectivity index (χ1) is 5.72. The lowest BCUT2D eigenvalue weighted by atomic mass is 10.1. The van der Waals surface area contributed by atoms with Crippen molar-refractivity contribution >= 4 is 6.08 Å². The Morgan fingerprint density at radius 2 is 1.75 bits per heavy atom. The smallest absolute Gasteiger partial charge is 0.101 e. The molecule has 0 N–H and O–H groups in total. The van der Waals surface area contributed by atoms with E-state index in [0.717, 1.165) is 5.56 Å². The Hall–Kier alpha value is -1.08. The Bertz CT molecular complexity index is 267. The first kappa shape index (κ1) is 9.01. The molecule has 1 rings (SSSR count). The molecule has 0 saturated heterocycles. The molecule has 1 heteroatoms. The Labute approximate surface area is 73.4 Å². The van der Waals surface area contributed by atoms with Crippen molar-refractivity contribution in [3.63, 3.8) is 0 Å². The molecule has 1 aromatic carbocycles. The van der Waals surface area contributed by atoms with Crippen LogP contribution in [0.3, 0.4) is 0 Å². The van der Waals surface area contributed by atoms with Crippen molar-refractivity contribution in [3.8, 4) is 0 Å². The van der Waals surface area contributed by atoms with Gasteiger partial charge in [0.15, 0.2) is 0 Å². The molecule has 0 aromatic heterocycles. The zero-order valence-electron chi connectivity index (χ0n) is 7.50. The van der Waals surface area contributed by atoms with Crippen LogP contribution in [0.15, 0.2) is 24.3 Å². The third-order valence-corrected chi connectivity index (χ3v) is 1.65. The standard InChI is InChI=1S/C11H13O/c1-9-6-10(2)8-11(7-9)4-3-5-12/h3-4,6-8H,5H2,1-2H3. The maximum Gasteiger partial charge on any atom is 0.101 e. The lowest BCUT2D eigenvalue weighted by Crippen LogP contribution is -1.80. The minimum atomic E-state index is -0.146. The van der Waals surface area contributed by atoms with Gasteiger partial charge in [0.1, 0.15) is 6.61 Å². The van der Waals surface area contributed by atoms with Gasteiger partial charge < -0.3 is 0 Å². The van der Waals surface area contributed by atoms with Crippen LogP contribution < -0.4 is 0 Å². The van der Waals surface area contributed by atoms with Crippen LogP contribution in [0.5, 0.6) is 0 Å². The van der Waals surface area contributed by atoms with Crippen LogP contribution >= 0.6 is 0 Å². The average Bonchev–Trinajstić information content (AvgIpc) is 1.99. The van der Waals surface area contributed by atoms with Gasteiger partial charge in [-0.1, -0.05) is 41.5 Å². The van der Waals surface area contributed by atoms with E-state index < -0.39 is 0 Å². The number of aryl methyl sites for hydroxylation is 2. The lowest BCUT2D eigenvalue weighted by Gasteiger charge is -1.98. The molecule has 1 nitrogen and oxygen atoms in total. The average molecular weight is 161 g/mol. The van der Waals surface area contributed by atoms with Gasteiger partial charge in [0.25, 0.3) is 0 Å². The topological polar surface area (TPSA) is 19.9 Å². The highest BCUT2D eigenvalue weighted by Crippen LogP contribution is 2.09. The lowest BCUT2D eigenvalue weighted by molar-refractivity contribution is 0.233. The Balaban J connectivity index is 2.93. The van der Waals surface area contributed by atoms with E-state index in [0.29, 0.717) is 0 Å². The monoisotopic (exact) mass is 161 g/mol. The highest BCUT2D eigenvalue weighted by Gasteiger charge is 1.90. The fourth-order valence-corrected chi connectivity index (χ4v) is 1.29. The van der Waals surface area contributed by atoms with Gasteiger partial charge in [0.2, 0.25) is 0 Å². The summed E-state index contributed by atoms with van der Waals surface area (Å²) in [6.07, 6.45) is 3.50. The summed E-state index contributed by atoms with van der Waals surface area (Å²) in [6, 6.07) is 6.26. The van der Waals surface area contributed by atoms with E-state index in [9.17, 15) is 5.11 Å². The highest BCUT2D eigenvalue weighted by molar-refractivity contribution is 5.51. The number of benzene rings is 1. The highest BCUT2D eigenvalue weighted by atomic mass is 16.2. The molecule has 0 saturated carbocycles. The Morgan fingerprint density at radius 1 is 1.17 bits per heavy atom. The van der Waals surface area contributed by atoms with E-state index in [1.807, 2.05) is 6.08 Å². The van der Waals surface area contributed by atoms with Gasteiger partial charge >= 0.3 is 0 Å². The second-order valence-corrected chi connectivity index (χ2v) is 2.99. The number of rotatable bonds is 2. The summed E-state index contributed by atoms with van der Waals surface area (Å²) in [4.78, 5) is 0. The summed E-state index contributed by atoms with van der Waals surface area (Å²) in [7, 11) is 0. The minimum absolute atomic E-state index is 0.146. The van der Waals surface area contributed by atoms with Crippen molar-refractivity contribution in [3.05, 3.63) is 41.0 Å². The van der Waals surface area contributed by atoms with E-state index in [4.69, 9.17) is 0 Å². The first-order valence-corrected chi connectivity index (χ1v) is 4.05. The Morgan fingerprint density at radius 3 is 2.25 bits per heavy atom. The number of hydrogen-bond donors (Lipinski definition) is 0. The molecule has 0 aliphatic carbocycles. The molecule has 0 unspecified atom stereocenters. The van der Waals surface area contributed by atoms with Gasteiger partial charge in [-0.15, -0.1) is 0 Å². The minimum Gasteiger partial charge on any atom is -0.232 e. The number of hydrogen-bond acceptors (Lipinski definition) is 0. The first-order valence-electron chi connectivity index (χ1n) is 4.05. The van der Waals surface area contributed by atoms with Gasteiger partial charge in [-0.2, -0.15) is 0 Å². The molecule has 0 aliphatic heterocycles. The van der Waals surface area contributed by atoms with Crippen molar-refractivity contribution in [2.45, 2.75) is 13.8 Å². The molecule has 63 valence electrons. The van der Waals surface area contributed by atoms with E-state index in [1.54, 1.807) is 6.08 Å². The van der Waals surface area contributed by atoms with Gasteiger partial charge in [-0.05, 0) is 19.4 Å². The second-order valence-electron chi connectivity index (χ2n) is 2.99. The molecule has 0 bridgehead atoms. The largest absolute Gasteiger partial charge is 0.232 e. The third-order valence-electron chi connectivity index (χ3n) is 1.65. The van der Waals surface area contributed by atoms with E-state index in [1.165, 1.54) is 11.1 Å². The summed E-state index contributed by atoms with van der Waals surface area (Å²) in [5.74, 6) is 0. The van der Waals surface area contributed by atoms with Gasteiger partial charge in [0, 0.05) is 0 Å². The predicted octanol–water partition coefficient (Wildman–Crippen LogP) is 2.75. The summed E-state index contributed by atoms with van der Waals surface area (Å²) in [6.45, 7) is 3.97. The van der Waals surface area contributed by atoms with Crippen molar-refractivity contribution in [2.75, 3.05) is 6.61 Å². The molecule has 0 spiro atoms. The molecule has 12 heavy (non-hydrogen) atoms. The molecular weight excluding hydrogens is 148 g/mol. The zero-order chi connectivity index (χ0) is 8.97. The van der Waals surface area contributed by atoms with Crippen molar-refractivity contribution in [1.82, 2.24) is 0 Å².